The van der Waals surface area contributed by atoms with E-state index in [9.17, 15) is 4.79 Å². The van der Waals surface area contributed by atoms with Gasteiger partial charge >= 0.3 is 0 Å². The second-order valence-corrected chi connectivity index (χ2v) is 6.84. The molecule has 0 radical (unpaired) electrons. The van der Waals surface area contributed by atoms with Gasteiger partial charge in [-0.1, -0.05) is 19.9 Å². The number of fused-ring (bicyclic) bond motifs is 1. The lowest BCUT2D eigenvalue weighted by atomic mass is 9.95. The summed E-state index contributed by atoms with van der Waals surface area (Å²) in [5.41, 5.74) is 1.50. The van der Waals surface area contributed by atoms with E-state index in [2.05, 4.69) is 19.2 Å². The maximum absolute atomic E-state index is 12.8. The van der Waals surface area contributed by atoms with E-state index in [0.29, 0.717) is 41.8 Å². The van der Waals surface area contributed by atoms with E-state index in [1.807, 2.05) is 32.0 Å². The molecule has 0 fully saturated rings. The molecule has 2 aromatic carbocycles. The van der Waals surface area contributed by atoms with Crippen LogP contribution in [0.2, 0.25) is 0 Å². The highest BCUT2D eigenvalue weighted by Crippen LogP contribution is 2.34. The number of carbonyl (C=O) groups is 1. The molecule has 0 spiro atoms. The number of nitrogens with one attached hydrogen (secondary N) is 1. The van der Waals surface area contributed by atoms with E-state index >= 15 is 0 Å². The molecule has 1 atom stereocenters. The van der Waals surface area contributed by atoms with Gasteiger partial charge in [0.15, 0.2) is 23.0 Å². The molecule has 6 heteroatoms. The van der Waals surface area contributed by atoms with Crippen LogP contribution in [0, 0.1) is 5.92 Å². The summed E-state index contributed by atoms with van der Waals surface area (Å²) in [6, 6.07) is 10.8. The predicted octanol–water partition coefficient (Wildman–Crippen LogP) is 4.34. The molecule has 6 nitrogen and oxygen atoms in total. The van der Waals surface area contributed by atoms with E-state index in [-0.39, 0.29) is 24.7 Å². The highest BCUT2D eigenvalue weighted by Gasteiger charge is 2.22. The van der Waals surface area contributed by atoms with Crippen LogP contribution in [0.15, 0.2) is 36.4 Å². The van der Waals surface area contributed by atoms with Gasteiger partial charge in [-0.05, 0) is 55.7 Å². The third-order valence-corrected chi connectivity index (χ3v) is 4.51. The van der Waals surface area contributed by atoms with Crippen molar-refractivity contribution in [1.29, 1.82) is 0 Å². The molecule has 0 bridgehead atoms. The van der Waals surface area contributed by atoms with Crippen LogP contribution in [0.5, 0.6) is 23.0 Å². The fourth-order valence-electron chi connectivity index (χ4n) is 3.16. The van der Waals surface area contributed by atoms with Crippen LogP contribution in [0.4, 0.5) is 0 Å². The summed E-state index contributed by atoms with van der Waals surface area (Å²) in [7, 11) is 0. The van der Waals surface area contributed by atoms with Crippen LogP contribution in [0.3, 0.4) is 0 Å². The second-order valence-electron chi connectivity index (χ2n) is 6.84. The first-order valence-corrected chi connectivity index (χ1v) is 9.63. The van der Waals surface area contributed by atoms with E-state index in [4.69, 9.17) is 18.9 Å². The Morgan fingerprint density at radius 1 is 1.00 bits per heavy atom. The quantitative estimate of drug-likeness (QED) is 0.732. The molecule has 3 rings (SSSR count). The first-order chi connectivity index (χ1) is 13.5. The summed E-state index contributed by atoms with van der Waals surface area (Å²) >= 11 is 0. The van der Waals surface area contributed by atoms with Gasteiger partial charge in [-0.3, -0.25) is 4.79 Å². The van der Waals surface area contributed by atoms with Gasteiger partial charge in [-0.2, -0.15) is 0 Å². The molecule has 1 heterocycles. The Hall–Kier alpha value is -2.89. The smallest absolute Gasteiger partial charge is 0.251 e. The van der Waals surface area contributed by atoms with Crippen LogP contribution in [0.25, 0.3) is 0 Å². The van der Waals surface area contributed by atoms with Gasteiger partial charge in [0.25, 0.3) is 5.91 Å². The third kappa shape index (κ3) is 4.32. The van der Waals surface area contributed by atoms with Gasteiger partial charge in [0.2, 0.25) is 6.79 Å². The SMILES string of the molecule is CCOc1ccc(C(NC(=O)c2ccc3c(c2)OCO3)C(C)C)cc1OCC. The lowest BCUT2D eigenvalue weighted by Gasteiger charge is -2.24. The summed E-state index contributed by atoms with van der Waals surface area (Å²) < 4.78 is 22.1. The first kappa shape index (κ1) is 19.9. The molecule has 0 aliphatic carbocycles. The van der Waals surface area contributed by atoms with Gasteiger partial charge in [0.05, 0.1) is 19.3 Å². The van der Waals surface area contributed by atoms with Crippen LogP contribution in [-0.4, -0.2) is 25.9 Å². The summed E-state index contributed by atoms with van der Waals surface area (Å²) in [4.78, 5) is 12.8. The van der Waals surface area contributed by atoms with Crippen LogP contribution >= 0.6 is 0 Å². The molecule has 1 aliphatic rings. The maximum Gasteiger partial charge on any atom is 0.251 e. The lowest BCUT2D eigenvalue weighted by Crippen LogP contribution is -2.31. The number of ether oxygens (including phenoxy) is 4. The Morgan fingerprint density at radius 2 is 1.71 bits per heavy atom. The van der Waals surface area contributed by atoms with Crippen molar-refractivity contribution in [3.05, 3.63) is 47.5 Å². The summed E-state index contributed by atoms with van der Waals surface area (Å²) in [5.74, 6) is 2.66. The zero-order valence-electron chi connectivity index (χ0n) is 16.8. The predicted molar refractivity (Wildman–Crippen MR) is 106 cm³/mol. The summed E-state index contributed by atoms with van der Waals surface area (Å²) in [6.45, 7) is 9.30. The minimum Gasteiger partial charge on any atom is -0.490 e. The molecular formula is C22H27NO5. The van der Waals surface area contributed by atoms with Crippen LogP contribution < -0.4 is 24.3 Å². The van der Waals surface area contributed by atoms with Crippen molar-refractivity contribution in [3.63, 3.8) is 0 Å². The fourth-order valence-corrected chi connectivity index (χ4v) is 3.16. The molecule has 2 aromatic rings. The van der Waals surface area contributed by atoms with Gasteiger partial charge in [-0.15, -0.1) is 0 Å². The molecule has 150 valence electrons. The van der Waals surface area contributed by atoms with Gasteiger partial charge in [-0.25, -0.2) is 0 Å². The monoisotopic (exact) mass is 385 g/mol. The standard InChI is InChI=1S/C22H27NO5/c1-5-25-17-9-7-15(11-19(17)26-6-2)21(14(3)4)23-22(24)16-8-10-18-20(12-16)28-13-27-18/h7-12,14,21H,5-6,13H2,1-4H3,(H,23,24). The Labute approximate surface area is 165 Å². The highest BCUT2D eigenvalue weighted by molar-refractivity contribution is 5.95. The maximum atomic E-state index is 12.8. The lowest BCUT2D eigenvalue weighted by molar-refractivity contribution is 0.0925. The average Bonchev–Trinajstić information content (AvgIpc) is 3.15. The summed E-state index contributed by atoms with van der Waals surface area (Å²) in [5, 5.41) is 3.13. The van der Waals surface area contributed by atoms with Crippen molar-refractivity contribution in [1.82, 2.24) is 5.32 Å². The Balaban J connectivity index is 1.83. The minimum absolute atomic E-state index is 0.163. The van der Waals surface area contributed by atoms with Gasteiger partial charge in [0, 0.05) is 5.56 Å². The van der Waals surface area contributed by atoms with Crippen LogP contribution in [-0.2, 0) is 0 Å². The normalized spacial score (nSPS) is 13.3. The fraction of sp³-hybridized carbons (Fsp3) is 0.409. The molecule has 1 N–H and O–H groups in total. The number of amides is 1. The molecule has 0 aromatic heterocycles. The molecule has 0 saturated carbocycles. The number of hydrogen-bond acceptors (Lipinski definition) is 5. The third-order valence-electron chi connectivity index (χ3n) is 4.51. The van der Waals surface area contributed by atoms with Crippen LogP contribution in [0.1, 0.15) is 49.7 Å². The van der Waals surface area contributed by atoms with Gasteiger partial charge < -0.3 is 24.3 Å². The van der Waals surface area contributed by atoms with Crippen molar-refractivity contribution in [2.75, 3.05) is 20.0 Å². The van der Waals surface area contributed by atoms with E-state index in [1.165, 1.54) is 0 Å². The Bertz CT molecular complexity index is 834. The largest absolute Gasteiger partial charge is 0.490 e. The molecule has 1 amide bonds. The molecule has 0 saturated heterocycles. The topological polar surface area (TPSA) is 66.0 Å². The van der Waals surface area contributed by atoms with E-state index < -0.39 is 0 Å². The number of benzene rings is 2. The summed E-state index contributed by atoms with van der Waals surface area (Å²) in [6.07, 6.45) is 0. The molecule has 28 heavy (non-hydrogen) atoms. The molecule has 1 aliphatic heterocycles. The Morgan fingerprint density at radius 3 is 2.43 bits per heavy atom. The first-order valence-electron chi connectivity index (χ1n) is 9.63. The number of rotatable bonds is 8. The van der Waals surface area contributed by atoms with Crippen molar-refractivity contribution in [2.45, 2.75) is 33.7 Å². The second kappa shape index (κ2) is 8.87. The van der Waals surface area contributed by atoms with E-state index in [0.717, 1.165) is 5.56 Å². The zero-order valence-corrected chi connectivity index (χ0v) is 16.8. The number of carbonyl (C=O) groups excluding carboxylic acids is 1. The highest BCUT2D eigenvalue weighted by atomic mass is 16.7. The van der Waals surface area contributed by atoms with Crippen molar-refractivity contribution < 1.29 is 23.7 Å². The zero-order chi connectivity index (χ0) is 20.1. The Kier molecular flexibility index (Phi) is 6.29. The minimum atomic E-state index is -0.173. The van der Waals surface area contributed by atoms with Crippen molar-refractivity contribution in [3.8, 4) is 23.0 Å². The number of hydrogen-bond donors (Lipinski definition) is 1. The van der Waals surface area contributed by atoms with Crippen molar-refractivity contribution >= 4 is 5.91 Å². The average molecular weight is 385 g/mol. The molecular weight excluding hydrogens is 358 g/mol. The van der Waals surface area contributed by atoms with Gasteiger partial charge in [0.1, 0.15) is 0 Å². The van der Waals surface area contributed by atoms with Crippen molar-refractivity contribution in [2.24, 2.45) is 5.92 Å². The van der Waals surface area contributed by atoms with E-state index in [1.54, 1.807) is 18.2 Å². The molecule has 1 unspecified atom stereocenters.